The molecule has 0 heterocycles. The number of aliphatic carboxylic acids is 2. The first-order valence-electron chi connectivity index (χ1n) is 16.7. The van der Waals surface area contributed by atoms with Gasteiger partial charge in [0.05, 0.1) is 6.10 Å². The summed E-state index contributed by atoms with van der Waals surface area (Å²) < 4.78 is 16.9. The zero-order valence-corrected chi connectivity index (χ0v) is 27.7. The van der Waals surface area contributed by atoms with Crippen LogP contribution in [0.25, 0.3) is 0 Å². The Morgan fingerprint density at radius 3 is 2.30 bits per heavy atom. The van der Waals surface area contributed by atoms with Gasteiger partial charge in [0, 0.05) is 6.42 Å². The summed E-state index contributed by atoms with van der Waals surface area (Å²) in [5.41, 5.74) is 0.714. The van der Waals surface area contributed by atoms with Crippen LogP contribution in [0.4, 0.5) is 0 Å². The third-order valence-corrected chi connectivity index (χ3v) is 13.3. The molecule has 0 amide bonds. The third-order valence-electron chi connectivity index (χ3n) is 12.4. The molecule has 0 aromatic rings. The van der Waals surface area contributed by atoms with Crippen molar-refractivity contribution >= 4 is 19.7 Å². The number of carboxylic acids is 2. The van der Waals surface area contributed by atoms with Gasteiger partial charge < -0.3 is 15.1 Å². The number of carboxylic acid groups (broad SMARTS) is 2. The number of carbonyl (C=O) groups is 2. The lowest BCUT2D eigenvalue weighted by Gasteiger charge is -2.61. The van der Waals surface area contributed by atoms with Gasteiger partial charge >= 0.3 is 19.7 Å². The van der Waals surface area contributed by atoms with Gasteiger partial charge in [-0.3, -0.25) is 9.59 Å². The van der Waals surface area contributed by atoms with Crippen molar-refractivity contribution < 1.29 is 43.9 Å². The Morgan fingerprint density at radius 2 is 1.63 bits per heavy atom. The van der Waals surface area contributed by atoms with Gasteiger partial charge in [0.1, 0.15) is 6.04 Å². The van der Waals surface area contributed by atoms with Crippen molar-refractivity contribution in [1.82, 2.24) is 5.09 Å². The molecule has 10 nitrogen and oxygen atoms in total. The smallest absolute Gasteiger partial charge is 0.433 e. The maximum Gasteiger partial charge on any atom is 0.433 e. The summed E-state index contributed by atoms with van der Waals surface area (Å²) in [4.78, 5) is 37.5. The molecule has 248 valence electrons. The first-order chi connectivity index (χ1) is 20.2. The van der Waals surface area contributed by atoms with Crippen LogP contribution < -0.4 is 5.09 Å². The van der Waals surface area contributed by atoms with Crippen LogP contribution in [-0.4, -0.2) is 39.2 Å². The Hall–Kier alpha value is -1.03. The number of nitrogens with one attached hydrogen (secondary N) is 1. The average Bonchev–Trinajstić information content (AvgIpc) is 3.28. The van der Waals surface area contributed by atoms with Crippen molar-refractivity contribution in [2.45, 2.75) is 137 Å². The van der Waals surface area contributed by atoms with Crippen molar-refractivity contribution in [2.75, 3.05) is 0 Å². The van der Waals surface area contributed by atoms with E-state index in [-0.39, 0.29) is 17.9 Å². The fourth-order valence-corrected chi connectivity index (χ4v) is 11.0. The van der Waals surface area contributed by atoms with E-state index in [1.54, 1.807) is 0 Å². The molecule has 0 spiro atoms. The Labute approximate surface area is 257 Å². The zero-order valence-electron chi connectivity index (χ0n) is 26.8. The summed E-state index contributed by atoms with van der Waals surface area (Å²) in [6, 6.07) is -1.58. The first kappa shape index (κ1) is 34.8. The topological polar surface area (TPSA) is 152 Å². The van der Waals surface area contributed by atoms with Gasteiger partial charge in [0.25, 0.3) is 0 Å². The number of hydrogen-bond acceptors (Lipinski definition) is 6. The van der Waals surface area contributed by atoms with E-state index < -0.39 is 32.1 Å². The van der Waals surface area contributed by atoms with E-state index in [4.69, 9.17) is 15.0 Å². The Kier molecular flexibility index (Phi) is 11.5. The van der Waals surface area contributed by atoms with E-state index in [1.807, 2.05) is 5.09 Å². The van der Waals surface area contributed by atoms with Crippen LogP contribution in [0.5, 0.6) is 0 Å². The highest BCUT2D eigenvalue weighted by molar-refractivity contribution is 7.50. The maximum absolute atomic E-state index is 12.3. The van der Waals surface area contributed by atoms with Crippen LogP contribution in [0.1, 0.15) is 125 Å². The van der Waals surface area contributed by atoms with Gasteiger partial charge in [-0.1, -0.05) is 58.9 Å². The second-order valence-electron chi connectivity index (χ2n) is 15.3. The highest BCUT2D eigenvalue weighted by atomic mass is 31.2. The number of rotatable bonds is 15. The summed E-state index contributed by atoms with van der Waals surface area (Å²) >= 11 is 0. The molecule has 4 aliphatic rings. The summed E-state index contributed by atoms with van der Waals surface area (Å²) in [5.74, 6) is 2.58. The maximum atomic E-state index is 12.3. The second-order valence-corrected chi connectivity index (χ2v) is 16.7. The molecule has 4 rings (SSSR count). The molecule has 43 heavy (non-hydrogen) atoms. The molecule has 5 unspecified atom stereocenters. The molecule has 11 heteroatoms. The number of hydrogen-bond donors (Lipinski definition) is 4. The van der Waals surface area contributed by atoms with E-state index in [1.165, 1.54) is 51.4 Å². The minimum Gasteiger partial charge on any atom is -0.481 e. The van der Waals surface area contributed by atoms with Gasteiger partial charge in [0.15, 0.2) is 0 Å². The van der Waals surface area contributed by atoms with Gasteiger partial charge in [-0.15, -0.1) is 4.67 Å². The first-order valence-corrected chi connectivity index (χ1v) is 18.3. The van der Waals surface area contributed by atoms with E-state index in [2.05, 4.69) is 39.3 Å². The summed E-state index contributed by atoms with van der Waals surface area (Å²) in [7, 11) is -4.70. The lowest BCUT2D eigenvalue weighted by atomic mass is 9.44. The molecule has 0 radical (unpaired) electrons. The molecule has 4 saturated carbocycles. The molecule has 0 aromatic heterocycles. The van der Waals surface area contributed by atoms with Crippen molar-refractivity contribution in [3.63, 3.8) is 0 Å². The summed E-state index contributed by atoms with van der Waals surface area (Å²) in [5, 5.41) is 24.7. The van der Waals surface area contributed by atoms with Gasteiger partial charge in [0.2, 0.25) is 0 Å². The molecule has 0 aromatic carbocycles. The molecule has 0 saturated heterocycles. The molecule has 0 bridgehead atoms. The predicted molar refractivity (Wildman–Crippen MR) is 161 cm³/mol. The van der Waals surface area contributed by atoms with Crippen LogP contribution in [-0.2, 0) is 28.8 Å². The van der Waals surface area contributed by atoms with Crippen molar-refractivity contribution in [2.24, 2.45) is 52.3 Å². The van der Waals surface area contributed by atoms with E-state index >= 15 is 0 Å². The monoisotopic (exact) mass is 629 g/mol. The molecule has 11 atom stereocenters. The lowest BCUT2D eigenvalue weighted by molar-refractivity contribution is -0.490. The Morgan fingerprint density at radius 1 is 0.930 bits per heavy atom. The standard InChI is InChI=1S/C32H56NO9P/c1-20(2)7-6-8-21(3)25-11-12-26-24-10-9-22-19-23(15-17-31(22,4)27(24)16-18-32(25,26)5)40-41-42-43(38,39)33-28(30(36)37)13-14-29(34)35/h20-28H,6-19H2,1-5H3,(H,34,35)(H,36,37)(H2,33,38,39)/t21-,22?,23+,24?,25-,26?,27?,28+,31+,32-/m1/s1. The molecule has 4 aliphatic carbocycles. The zero-order chi connectivity index (χ0) is 31.6. The van der Waals surface area contributed by atoms with E-state index in [0.29, 0.717) is 11.3 Å². The van der Waals surface area contributed by atoms with Crippen molar-refractivity contribution in [1.29, 1.82) is 0 Å². The summed E-state index contributed by atoms with van der Waals surface area (Å²) in [6.07, 6.45) is 13.3. The highest BCUT2D eigenvalue weighted by Crippen LogP contribution is 2.68. The van der Waals surface area contributed by atoms with Crippen LogP contribution in [0.3, 0.4) is 0 Å². The quantitative estimate of drug-likeness (QED) is 0.0821. The lowest BCUT2D eigenvalue weighted by Crippen LogP contribution is -2.54. The molecular formula is C32H56NO9P. The minimum absolute atomic E-state index is 0.249. The normalized spacial score (nSPS) is 38.4. The summed E-state index contributed by atoms with van der Waals surface area (Å²) in [6.45, 7) is 12.3. The van der Waals surface area contributed by atoms with Gasteiger partial charge in [-0.25, -0.2) is 14.5 Å². The van der Waals surface area contributed by atoms with E-state index in [0.717, 1.165) is 61.2 Å². The fraction of sp³-hybridized carbons (Fsp3) is 0.938. The molecular weight excluding hydrogens is 573 g/mol. The molecule has 0 aliphatic heterocycles. The third kappa shape index (κ3) is 8.04. The Bertz CT molecular complexity index is 1020. The average molecular weight is 630 g/mol. The number of fused-ring (bicyclic) bond motifs is 5. The SMILES string of the molecule is CC(C)CCC[C@@H](C)[C@H]1CCC2C3CCC4C[C@@H](OOOP(=O)(O)N[C@@H](CCC(=O)O)C(=O)O)CC[C@]4(C)C3CC[C@@]21C. The van der Waals surface area contributed by atoms with Crippen molar-refractivity contribution in [3.8, 4) is 0 Å². The predicted octanol–water partition coefficient (Wildman–Crippen LogP) is 7.36. The second kappa shape index (κ2) is 14.2. The van der Waals surface area contributed by atoms with Crippen LogP contribution in [0.2, 0.25) is 0 Å². The van der Waals surface area contributed by atoms with Crippen LogP contribution in [0.15, 0.2) is 0 Å². The molecule has 4 N–H and O–H groups in total. The van der Waals surface area contributed by atoms with Crippen LogP contribution >= 0.6 is 7.75 Å². The minimum atomic E-state index is -4.70. The van der Waals surface area contributed by atoms with Gasteiger partial charge in [-0.2, -0.15) is 0 Å². The Balaban J connectivity index is 1.28. The van der Waals surface area contributed by atoms with Crippen LogP contribution in [0, 0.1) is 52.3 Å². The largest absolute Gasteiger partial charge is 0.481 e. The fourth-order valence-electron chi connectivity index (χ4n) is 10.2. The van der Waals surface area contributed by atoms with Gasteiger partial charge in [-0.05, 0) is 116 Å². The highest BCUT2D eigenvalue weighted by Gasteiger charge is 2.60. The van der Waals surface area contributed by atoms with Crippen molar-refractivity contribution in [3.05, 3.63) is 0 Å². The van der Waals surface area contributed by atoms with E-state index in [9.17, 15) is 24.2 Å². The molecule has 4 fully saturated rings.